The molecule has 0 fully saturated rings. The number of nitrogens with zero attached hydrogens (tertiary/aromatic N) is 1. The summed E-state index contributed by atoms with van der Waals surface area (Å²) in [6.45, 7) is 8.05. The van der Waals surface area contributed by atoms with Crippen molar-refractivity contribution in [1.82, 2.24) is 5.32 Å². The van der Waals surface area contributed by atoms with Gasteiger partial charge in [0.15, 0.2) is 0 Å². The Bertz CT molecular complexity index is 191. The number of hydrogen-bond donors (Lipinski definition) is 1. The minimum absolute atomic E-state index is 0.333. The summed E-state index contributed by atoms with van der Waals surface area (Å²) in [5, 5.41) is 2.66. The first-order chi connectivity index (χ1) is 7.16. The first kappa shape index (κ1) is 13.9. The maximum Gasteiger partial charge on any atom is 0.407 e. The molecule has 0 aromatic rings. The zero-order valence-corrected chi connectivity index (χ0v) is 9.95. The quantitative estimate of drug-likeness (QED) is 0.522. The number of alkyl carbamates (subject to hydrolysis) is 1. The van der Waals surface area contributed by atoms with Crippen molar-refractivity contribution in [3.63, 3.8) is 0 Å². The van der Waals surface area contributed by atoms with Crippen LogP contribution in [0.5, 0.6) is 0 Å². The molecule has 88 valence electrons. The molecule has 0 saturated carbocycles. The van der Waals surface area contributed by atoms with E-state index in [0.29, 0.717) is 19.1 Å². The fourth-order valence-corrected chi connectivity index (χ4v) is 0.898. The molecule has 0 rings (SSSR count). The first-order valence-corrected chi connectivity index (χ1v) is 5.55. The van der Waals surface area contributed by atoms with Crippen LogP contribution in [0.4, 0.5) is 4.79 Å². The van der Waals surface area contributed by atoms with Gasteiger partial charge < -0.3 is 10.1 Å². The highest BCUT2D eigenvalue weighted by Gasteiger charge is 2.00. The number of carbonyl (C=O) groups is 1. The molecule has 15 heavy (non-hydrogen) atoms. The summed E-state index contributed by atoms with van der Waals surface area (Å²) >= 11 is 0. The lowest BCUT2D eigenvalue weighted by Crippen LogP contribution is -2.26. The van der Waals surface area contributed by atoms with Gasteiger partial charge in [-0.25, -0.2) is 4.79 Å². The van der Waals surface area contributed by atoms with E-state index in [1.807, 2.05) is 13.1 Å². The molecule has 0 aromatic carbocycles. The van der Waals surface area contributed by atoms with Crippen molar-refractivity contribution in [1.29, 1.82) is 0 Å². The van der Waals surface area contributed by atoms with Crippen LogP contribution in [0, 0.1) is 5.92 Å². The average Bonchev–Trinajstić information content (AvgIpc) is 2.17. The van der Waals surface area contributed by atoms with E-state index in [2.05, 4.69) is 24.2 Å². The molecule has 4 heteroatoms. The van der Waals surface area contributed by atoms with Gasteiger partial charge in [0, 0.05) is 19.3 Å². The van der Waals surface area contributed by atoms with E-state index in [9.17, 15) is 4.79 Å². The van der Waals surface area contributed by atoms with Crippen LogP contribution in [0.1, 0.15) is 33.6 Å². The van der Waals surface area contributed by atoms with Crippen LogP contribution >= 0.6 is 0 Å². The molecule has 0 spiro atoms. The van der Waals surface area contributed by atoms with Crippen LogP contribution in [-0.2, 0) is 4.74 Å². The molecule has 1 N–H and O–H groups in total. The molecule has 0 aromatic heterocycles. The maximum atomic E-state index is 11.1. The zero-order chi connectivity index (χ0) is 11.5. The van der Waals surface area contributed by atoms with Crippen molar-refractivity contribution in [3.8, 4) is 0 Å². The third kappa shape index (κ3) is 10.9. The van der Waals surface area contributed by atoms with Gasteiger partial charge in [0.05, 0.1) is 6.61 Å². The van der Waals surface area contributed by atoms with Crippen LogP contribution in [0.25, 0.3) is 0 Å². The topological polar surface area (TPSA) is 50.7 Å². The van der Waals surface area contributed by atoms with E-state index in [1.165, 1.54) is 0 Å². The summed E-state index contributed by atoms with van der Waals surface area (Å²) in [5.74, 6) is 0.564. The molecule has 0 saturated heterocycles. The molecule has 0 bridgehead atoms. The standard InChI is InChI=1S/C11H22N2O2/c1-4-12-7-5-8-13-11(14)15-9-6-10(2)3/h7,10H,4-6,8-9H2,1-3H3,(H,13,14)/b12-7+. The first-order valence-electron chi connectivity index (χ1n) is 5.55. The van der Waals surface area contributed by atoms with Gasteiger partial charge in [-0.1, -0.05) is 13.8 Å². The van der Waals surface area contributed by atoms with Crippen LogP contribution < -0.4 is 5.32 Å². The fraction of sp³-hybridized carbons (Fsp3) is 0.818. The molecule has 0 atom stereocenters. The van der Waals surface area contributed by atoms with Gasteiger partial charge in [0.1, 0.15) is 0 Å². The minimum atomic E-state index is -0.333. The van der Waals surface area contributed by atoms with Crippen molar-refractivity contribution in [2.24, 2.45) is 10.9 Å². The van der Waals surface area contributed by atoms with Gasteiger partial charge >= 0.3 is 6.09 Å². The normalized spacial score (nSPS) is 10.9. The van der Waals surface area contributed by atoms with Crippen LogP contribution in [0.15, 0.2) is 4.99 Å². The summed E-state index contributed by atoms with van der Waals surface area (Å²) in [6.07, 6.45) is 3.15. The van der Waals surface area contributed by atoms with E-state index in [4.69, 9.17) is 4.74 Å². The van der Waals surface area contributed by atoms with Crippen molar-refractivity contribution in [2.45, 2.75) is 33.6 Å². The van der Waals surface area contributed by atoms with E-state index in [1.54, 1.807) is 0 Å². The molecule has 0 aliphatic rings. The lowest BCUT2D eigenvalue weighted by molar-refractivity contribution is 0.141. The Labute approximate surface area is 92.1 Å². The number of ether oxygens (including phenoxy) is 1. The second-order valence-electron chi connectivity index (χ2n) is 3.72. The highest BCUT2D eigenvalue weighted by atomic mass is 16.5. The molecule has 0 heterocycles. The summed E-state index contributed by atoms with van der Waals surface area (Å²) < 4.78 is 4.96. The van der Waals surface area contributed by atoms with Gasteiger partial charge in [-0.3, -0.25) is 4.99 Å². The average molecular weight is 214 g/mol. The summed E-state index contributed by atoms with van der Waals surface area (Å²) in [6, 6.07) is 0. The maximum absolute atomic E-state index is 11.1. The second-order valence-corrected chi connectivity index (χ2v) is 3.72. The van der Waals surface area contributed by atoms with Crippen molar-refractivity contribution in [2.75, 3.05) is 19.7 Å². The van der Waals surface area contributed by atoms with E-state index in [-0.39, 0.29) is 6.09 Å². The number of aliphatic imine (C=N–C) groups is 1. The Morgan fingerprint density at radius 2 is 2.27 bits per heavy atom. The third-order valence-corrected chi connectivity index (χ3v) is 1.78. The second kappa shape index (κ2) is 9.49. The molecule has 0 aliphatic carbocycles. The van der Waals surface area contributed by atoms with Crippen LogP contribution in [0.3, 0.4) is 0 Å². The van der Waals surface area contributed by atoms with E-state index in [0.717, 1.165) is 19.4 Å². The lowest BCUT2D eigenvalue weighted by atomic mass is 10.1. The molecule has 0 aliphatic heterocycles. The van der Waals surface area contributed by atoms with Gasteiger partial charge in [-0.2, -0.15) is 0 Å². The Balaban J connectivity index is 3.30. The Hall–Kier alpha value is -1.06. The predicted molar refractivity (Wildman–Crippen MR) is 62.5 cm³/mol. The Kier molecular flexibility index (Phi) is 8.82. The van der Waals surface area contributed by atoms with Gasteiger partial charge in [-0.15, -0.1) is 0 Å². The van der Waals surface area contributed by atoms with Crippen LogP contribution in [-0.4, -0.2) is 32.0 Å². The highest BCUT2D eigenvalue weighted by Crippen LogP contribution is 1.98. The smallest absolute Gasteiger partial charge is 0.407 e. The number of carbonyl (C=O) groups excluding carboxylic acids is 1. The fourth-order valence-electron chi connectivity index (χ4n) is 0.898. The van der Waals surface area contributed by atoms with Crippen molar-refractivity contribution < 1.29 is 9.53 Å². The van der Waals surface area contributed by atoms with Crippen LogP contribution in [0.2, 0.25) is 0 Å². The molecule has 1 amide bonds. The van der Waals surface area contributed by atoms with Gasteiger partial charge in [0.25, 0.3) is 0 Å². The zero-order valence-electron chi connectivity index (χ0n) is 9.95. The van der Waals surface area contributed by atoms with Gasteiger partial charge in [-0.05, 0) is 25.7 Å². The van der Waals surface area contributed by atoms with Crippen molar-refractivity contribution >= 4 is 12.3 Å². The third-order valence-electron chi connectivity index (χ3n) is 1.78. The molecular formula is C11H22N2O2. The summed E-state index contributed by atoms with van der Waals surface area (Å²) in [7, 11) is 0. The largest absolute Gasteiger partial charge is 0.450 e. The lowest BCUT2D eigenvalue weighted by Gasteiger charge is -2.07. The molecule has 0 radical (unpaired) electrons. The predicted octanol–water partition coefficient (Wildman–Crippen LogP) is 2.24. The molecule has 4 nitrogen and oxygen atoms in total. The molecule has 0 unspecified atom stereocenters. The summed E-state index contributed by atoms with van der Waals surface area (Å²) in [4.78, 5) is 15.1. The monoisotopic (exact) mass is 214 g/mol. The number of nitrogens with one attached hydrogen (secondary N) is 1. The SMILES string of the molecule is CC/N=C/CCNC(=O)OCCC(C)C. The summed E-state index contributed by atoms with van der Waals surface area (Å²) in [5.41, 5.74) is 0. The van der Waals surface area contributed by atoms with Gasteiger partial charge in [0.2, 0.25) is 0 Å². The number of amides is 1. The van der Waals surface area contributed by atoms with E-state index < -0.39 is 0 Å². The highest BCUT2D eigenvalue weighted by molar-refractivity contribution is 5.68. The van der Waals surface area contributed by atoms with Crippen molar-refractivity contribution in [3.05, 3.63) is 0 Å². The Morgan fingerprint density at radius 3 is 2.87 bits per heavy atom. The van der Waals surface area contributed by atoms with E-state index >= 15 is 0 Å². The number of rotatable bonds is 7. The Morgan fingerprint density at radius 1 is 1.53 bits per heavy atom. The molecular weight excluding hydrogens is 192 g/mol. The number of hydrogen-bond acceptors (Lipinski definition) is 3. The minimum Gasteiger partial charge on any atom is -0.450 e.